The van der Waals surface area contributed by atoms with E-state index in [4.69, 9.17) is 0 Å². The number of unbranched alkanes of at least 4 members (excludes halogenated alkanes) is 36. The Morgan fingerprint density at radius 2 is 0.377 bits per heavy atom. The van der Waals surface area contributed by atoms with Gasteiger partial charge in [0.15, 0.2) is 0 Å². The van der Waals surface area contributed by atoms with E-state index >= 15 is 0 Å². The van der Waals surface area contributed by atoms with E-state index < -0.39 is 17.9 Å². The second-order valence-corrected chi connectivity index (χ2v) is 23.1. The average Bonchev–Trinajstić information content (AvgIpc) is 3.29. The van der Waals surface area contributed by atoms with Gasteiger partial charge in [-0.1, -0.05) is 292 Å². The van der Waals surface area contributed by atoms with Crippen molar-refractivity contribution < 1.29 is 29.7 Å². The fourth-order valence-corrected chi connectivity index (χ4v) is 10.8. The molecular formula is C63H114O6. The molecule has 0 fully saturated rings. The number of carbonyl (C=O) groups is 3. The van der Waals surface area contributed by atoms with Crippen LogP contribution in [0.4, 0.5) is 0 Å². The standard InChI is InChI=1S/C63H114O6/c1-52(2)46-40-34-28-22-16-10-7-13-19-25-31-37-43-49-55-58(61(64)65)56(50-44-38-32-26-20-14-8-11-17-23-29-35-41-47-53(3)4)60(63(68)69)57(59(55)62(66)67)51-45-39-33-27-21-15-9-12-18-24-30-36-42-48-54(5)6/h52-54H,7-51H2,1-6H3,(H,64,65)(H,66,67)(H,68,69). The summed E-state index contributed by atoms with van der Waals surface area (Å²) in [5, 5.41) is 32.3. The Labute approximate surface area is 427 Å². The van der Waals surface area contributed by atoms with E-state index in [0.717, 1.165) is 75.5 Å². The molecular weight excluding hydrogens is 853 g/mol. The second-order valence-electron chi connectivity index (χ2n) is 23.1. The molecule has 69 heavy (non-hydrogen) atoms. The van der Waals surface area contributed by atoms with E-state index in [2.05, 4.69) is 41.5 Å². The third kappa shape index (κ3) is 34.6. The highest BCUT2D eigenvalue weighted by Crippen LogP contribution is 2.34. The van der Waals surface area contributed by atoms with Gasteiger partial charge < -0.3 is 15.3 Å². The Kier molecular flexibility index (Phi) is 41.5. The minimum Gasteiger partial charge on any atom is -0.478 e. The SMILES string of the molecule is CC(C)CCCCCCCCCCCCCCCc1c(C(=O)O)c(CCCCCCCCCCCCCCCC(C)C)c(C(=O)O)c(CCCCCCCCCCCCCCCC(C)C)c1C(=O)O. The summed E-state index contributed by atoms with van der Waals surface area (Å²) in [7, 11) is 0. The first-order valence-electron chi connectivity index (χ1n) is 30.3. The molecule has 0 unspecified atom stereocenters. The fraction of sp³-hybridized carbons (Fsp3) is 0.857. The molecule has 3 N–H and O–H groups in total. The zero-order valence-electron chi connectivity index (χ0n) is 46.6. The summed E-state index contributed by atoms with van der Waals surface area (Å²) in [5.41, 5.74) is 0.958. The van der Waals surface area contributed by atoms with Crippen LogP contribution in [0.2, 0.25) is 0 Å². The average molecular weight is 968 g/mol. The van der Waals surface area contributed by atoms with Gasteiger partial charge in [0.05, 0.1) is 16.7 Å². The first-order chi connectivity index (χ1) is 33.4. The van der Waals surface area contributed by atoms with E-state index in [0.29, 0.717) is 55.2 Å². The highest BCUT2D eigenvalue weighted by Gasteiger charge is 2.32. The number of aromatic carboxylic acids is 3. The number of rotatable bonds is 51. The van der Waals surface area contributed by atoms with Gasteiger partial charge in [-0.05, 0) is 73.0 Å². The van der Waals surface area contributed by atoms with Gasteiger partial charge in [-0.2, -0.15) is 0 Å². The summed E-state index contributed by atoms with van der Waals surface area (Å²) >= 11 is 0. The molecule has 0 heterocycles. The summed E-state index contributed by atoms with van der Waals surface area (Å²) in [6, 6.07) is 0. The zero-order valence-corrected chi connectivity index (χ0v) is 46.6. The van der Waals surface area contributed by atoms with Crippen LogP contribution in [0.3, 0.4) is 0 Å². The Hall–Kier alpha value is -2.37. The van der Waals surface area contributed by atoms with E-state index in [-0.39, 0.29) is 16.7 Å². The van der Waals surface area contributed by atoms with Gasteiger partial charge in [0.25, 0.3) is 0 Å². The Morgan fingerprint density at radius 1 is 0.246 bits per heavy atom. The summed E-state index contributed by atoms with van der Waals surface area (Å²) < 4.78 is 0. The van der Waals surface area contributed by atoms with Gasteiger partial charge in [-0.3, -0.25) is 0 Å². The van der Waals surface area contributed by atoms with Crippen molar-refractivity contribution in [1.82, 2.24) is 0 Å². The maximum absolute atomic E-state index is 13.2. The molecule has 1 aromatic carbocycles. The number of hydrogen-bond donors (Lipinski definition) is 3. The van der Waals surface area contributed by atoms with Crippen LogP contribution >= 0.6 is 0 Å². The van der Waals surface area contributed by atoms with E-state index in [1.807, 2.05) is 0 Å². The van der Waals surface area contributed by atoms with Crippen LogP contribution in [0.5, 0.6) is 0 Å². The van der Waals surface area contributed by atoms with Crippen LogP contribution in [0.25, 0.3) is 0 Å². The number of benzene rings is 1. The van der Waals surface area contributed by atoms with Crippen LogP contribution < -0.4 is 0 Å². The largest absolute Gasteiger partial charge is 0.478 e. The van der Waals surface area contributed by atoms with Crippen molar-refractivity contribution in [2.45, 2.75) is 330 Å². The van der Waals surface area contributed by atoms with Gasteiger partial charge >= 0.3 is 17.9 Å². The van der Waals surface area contributed by atoms with Crippen LogP contribution in [0.1, 0.15) is 359 Å². The van der Waals surface area contributed by atoms with Crippen molar-refractivity contribution in [3.8, 4) is 0 Å². The van der Waals surface area contributed by atoms with Gasteiger partial charge in [-0.25, -0.2) is 14.4 Å². The predicted molar refractivity (Wildman–Crippen MR) is 297 cm³/mol. The number of carboxylic acids is 3. The molecule has 0 atom stereocenters. The second kappa shape index (κ2) is 44.3. The van der Waals surface area contributed by atoms with Crippen molar-refractivity contribution in [3.05, 3.63) is 33.4 Å². The lowest BCUT2D eigenvalue weighted by molar-refractivity contribution is 0.0693. The van der Waals surface area contributed by atoms with Crippen molar-refractivity contribution in [2.24, 2.45) is 17.8 Å². The fourth-order valence-electron chi connectivity index (χ4n) is 10.8. The first-order valence-corrected chi connectivity index (χ1v) is 30.3. The van der Waals surface area contributed by atoms with Crippen molar-refractivity contribution in [1.29, 1.82) is 0 Å². The molecule has 402 valence electrons. The molecule has 0 radical (unpaired) electrons. The maximum Gasteiger partial charge on any atom is 0.336 e. The van der Waals surface area contributed by atoms with E-state index in [9.17, 15) is 29.7 Å². The lowest BCUT2D eigenvalue weighted by atomic mass is 9.81. The van der Waals surface area contributed by atoms with Crippen LogP contribution in [0, 0.1) is 17.8 Å². The van der Waals surface area contributed by atoms with Crippen LogP contribution in [0.15, 0.2) is 0 Å². The predicted octanol–water partition coefficient (Wildman–Crippen LogP) is 20.8. The Bertz CT molecular complexity index is 1220. The summed E-state index contributed by atoms with van der Waals surface area (Å²) in [4.78, 5) is 39.5. The Morgan fingerprint density at radius 3 is 0.507 bits per heavy atom. The molecule has 0 saturated carbocycles. The van der Waals surface area contributed by atoms with E-state index in [1.54, 1.807) is 0 Å². The number of carboxylic acid groups (broad SMARTS) is 3. The molecule has 0 spiro atoms. The topological polar surface area (TPSA) is 112 Å². The normalized spacial score (nSPS) is 11.8. The minimum absolute atomic E-state index is 0.0421. The quantitative estimate of drug-likeness (QED) is 0.0561. The lowest BCUT2D eigenvalue weighted by Crippen LogP contribution is -2.22. The molecule has 0 aliphatic carbocycles. The molecule has 0 bridgehead atoms. The maximum atomic E-state index is 13.2. The van der Waals surface area contributed by atoms with Crippen molar-refractivity contribution >= 4 is 17.9 Å². The smallest absolute Gasteiger partial charge is 0.336 e. The molecule has 0 aliphatic rings. The molecule has 6 heteroatoms. The molecule has 0 amide bonds. The molecule has 1 rings (SSSR count). The van der Waals surface area contributed by atoms with Gasteiger partial charge in [0.1, 0.15) is 0 Å². The molecule has 1 aromatic rings. The molecule has 6 nitrogen and oxygen atoms in total. The lowest BCUT2D eigenvalue weighted by Gasteiger charge is -2.22. The summed E-state index contributed by atoms with van der Waals surface area (Å²) in [6.07, 6.45) is 52.0. The molecule has 0 saturated heterocycles. The summed E-state index contributed by atoms with van der Waals surface area (Å²) in [6.45, 7) is 13.8. The van der Waals surface area contributed by atoms with Gasteiger partial charge in [0.2, 0.25) is 0 Å². The van der Waals surface area contributed by atoms with Gasteiger partial charge in [-0.15, -0.1) is 0 Å². The molecule has 0 aliphatic heterocycles. The minimum atomic E-state index is -1.19. The highest BCUT2D eigenvalue weighted by molar-refractivity contribution is 6.05. The number of hydrogen-bond acceptors (Lipinski definition) is 3. The van der Waals surface area contributed by atoms with Gasteiger partial charge in [0, 0.05) is 0 Å². The highest BCUT2D eigenvalue weighted by atomic mass is 16.4. The van der Waals surface area contributed by atoms with Crippen molar-refractivity contribution in [2.75, 3.05) is 0 Å². The third-order valence-electron chi connectivity index (χ3n) is 15.1. The zero-order chi connectivity index (χ0) is 50.7. The molecule has 0 aromatic heterocycles. The summed E-state index contributed by atoms with van der Waals surface area (Å²) in [5.74, 6) is -1.14. The van der Waals surface area contributed by atoms with Crippen LogP contribution in [-0.4, -0.2) is 33.2 Å². The Balaban J connectivity index is 2.86. The van der Waals surface area contributed by atoms with Crippen LogP contribution in [-0.2, 0) is 19.3 Å². The van der Waals surface area contributed by atoms with E-state index in [1.165, 1.54) is 193 Å². The first kappa shape index (κ1) is 64.6. The van der Waals surface area contributed by atoms with Crippen molar-refractivity contribution in [3.63, 3.8) is 0 Å². The third-order valence-corrected chi connectivity index (χ3v) is 15.1. The monoisotopic (exact) mass is 967 g/mol.